The van der Waals surface area contributed by atoms with Crippen molar-refractivity contribution in [2.24, 2.45) is 5.92 Å². The molecule has 4 rings (SSSR count). The topological polar surface area (TPSA) is 95.5 Å². The van der Waals surface area contributed by atoms with Crippen molar-refractivity contribution in [2.75, 3.05) is 31.5 Å². The number of hydrogen-bond acceptors (Lipinski definition) is 6. The molecule has 1 atom stereocenters. The summed E-state index contributed by atoms with van der Waals surface area (Å²) in [5, 5.41) is 11.4. The minimum absolute atomic E-state index is 0.109. The zero-order valence-electron chi connectivity index (χ0n) is 17.8. The average Bonchev–Trinajstić information content (AvgIpc) is 3.15. The molecular formula is C22H26ClN5O3S. The second kappa shape index (κ2) is 10.4. The van der Waals surface area contributed by atoms with E-state index in [0.717, 1.165) is 50.1 Å². The second-order valence-corrected chi connectivity index (χ2v) is 9.62. The number of piperidine rings is 1. The molecule has 2 aromatic rings. The minimum atomic E-state index is -0.434. The summed E-state index contributed by atoms with van der Waals surface area (Å²) in [6.45, 7) is 2.59. The fourth-order valence-corrected chi connectivity index (χ4v) is 5.00. The van der Waals surface area contributed by atoms with Crippen LogP contribution in [0.15, 0.2) is 24.3 Å². The first-order chi connectivity index (χ1) is 15.5. The Morgan fingerprint density at radius 2 is 1.56 bits per heavy atom. The number of halogens is 1. The van der Waals surface area contributed by atoms with E-state index in [9.17, 15) is 14.4 Å². The molecule has 0 spiro atoms. The average molecular weight is 476 g/mol. The Balaban J connectivity index is 1.37. The summed E-state index contributed by atoms with van der Waals surface area (Å²) >= 11 is 6.82. The van der Waals surface area contributed by atoms with Gasteiger partial charge in [-0.05, 0) is 49.9 Å². The van der Waals surface area contributed by atoms with Crippen LogP contribution in [0.3, 0.4) is 0 Å². The maximum absolute atomic E-state index is 13.0. The second-order valence-electron chi connectivity index (χ2n) is 8.20. The Labute approximate surface area is 195 Å². The van der Waals surface area contributed by atoms with E-state index in [1.807, 2.05) is 4.90 Å². The van der Waals surface area contributed by atoms with Gasteiger partial charge in [0.2, 0.25) is 15.9 Å². The van der Waals surface area contributed by atoms with E-state index in [2.05, 4.69) is 15.5 Å². The standard InChI is InChI=1S/C22H26ClN5O3S/c23-16-7-9-17(10-8-16)24-18(29)19-25-26-20(32-19)22(31)28-13-5-6-15(14-28)21(30)27-11-3-1-2-4-12-27/h7-10,15H,1-6,11-14H2,(H,24,29). The molecule has 2 aliphatic rings. The molecule has 10 heteroatoms. The minimum Gasteiger partial charge on any atom is -0.342 e. The molecule has 0 saturated carbocycles. The molecule has 1 unspecified atom stereocenters. The predicted molar refractivity (Wildman–Crippen MR) is 123 cm³/mol. The van der Waals surface area contributed by atoms with E-state index in [1.165, 1.54) is 12.8 Å². The first kappa shape index (κ1) is 22.7. The third kappa shape index (κ3) is 5.45. The van der Waals surface area contributed by atoms with Crippen LogP contribution in [-0.2, 0) is 4.79 Å². The lowest BCUT2D eigenvalue weighted by Crippen LogP contribution is -2.47. The summed E-state index contributed by atoms with van der Waals surface area (Å²) in [6.07, 6.45) is 6.01. The number of benzene rings is 1. The summed E-state index contributed by atoms with van der Waals surface area (Å²) < 4.78 is 0. The molecule has 3 heterocycles. The normalized spacial score (nSPS) is 19.3. The first-order valence-electron chi connectivity index (χ1n) is 11.0. The number of likely N-dealkylation sites (tertiary alicyclic amines) is 2. The van der Waals surface area contributed by atoms with Crippen molar-refractivity contribution in [3.05, 3.63) is 39.3 Å². The number of rotatable bonds is 4. The quantitative estimate of drug-likeness (QED) is 0.727. The molecule has 2 aliphatic heterocycles. The Kier molecular flexibility index (Phi) is 7.36. The van der Waals surface area contributed by atoms with Crippen LogP contribution in [0.4, 0.5) is 5.69 Å². The highest BCUT2D eigenvalue weighted by Gasteiger charge is 2.33. The van der Waals surface area contributed by atoms with Crippen LogP contribution in [0, 0.1) is 5.92 Å². The van der Waals surface area contributed by atoms with Crippen LogP contribution in [0.25, 0.3) is 0 Å². The molecule has 2 fully saturated rings. The number of hydrogen-bond donors (Lipinski definition) is 1. The molecule has 32 heavy (non-hydrogen) atoms. The lowest BCUT2D eigenvalue weighted by atomic mass is 9.96. The first-order valence-corrected chi connectivity index (χ1v) is 12.2. The zero-order valence-corrected chi connectivity index (χ0v) is 19.3. The molecule has 0 radical (unpaired) electrons. The molecule has 8 nitrogen and oxygen atoms in total. The molecule has 2 saturated heterocycles. The summed E-state index contributed by atoms with van der Waals surface area (Å²) in [6, 6.07) is 6.71. The van der Waals surface area contributed by atoms with Gasteiger partial charge in [0.15, 0.2) is 0 Å². The van der Waals surface area contributed by atoms with Crippen LogP contribution in [-0.4, -0.2) is 63.9 Å². The van der Waals surface area contributed by atoms with Gasteiger partial charge in [0, 0.05) is 36.9 Å². The fourth-order valence-electron chi connectivity index (χ4n) is 4.17. The summed E-state index contributed by atoms with van der Waals surface area (Å²) in [5.41, 5.74) is 0.577. The van der Waals surface area contributed by atoms with Crippen molar-refractivity contribution in [2.45, 2.75) is 38.5 Å². The van der Waals surface area contributed by atoms with Gasteiger partial charge in [-0.3, -0.25) is 14.4 Å². The van der Waals surface area contributed by atoms with E-state index in [-0.39, 0.29) is 27.7 Å². The highest BCUT2D eigenvalue weighted by Crippen LogP contribution is 2.24. The van der Waals surface area contributed by atoms with Gasteiger partial charge in [-0.15, -0.1) is 10.2 Å². The number of carbonyl (C=O) groups excluding carboxylic acids is 3. The van der Waals surface area contributed by atoms with Crippen molar-refractivity contribution in [1.29, 1.82) is 0 Å². The number of aromatic nitrogens is 2. The third-order valence-electron chi connectivity index (χ3n) is 5.88. The smallest absolute Gasteiger partial charge is 0.286 e. The highest BCUT2D eigenvalue weighted by molar-refractivity contribution is 7.15. The molecule has 1 aromatic carbocycles. The monoisotopic (exact) mass is 475 g/mol. The molecule has 170 valence electrons. The van der Waals surface area contributed by atoms with Gasteiger partial charge in [-0.25, -0.2) is 0 Å². The van der Waals surface area contributed by atoms with E-state index in [4.69, 9.17) is 11.6 Å². The summed E-state index contributed by atoms with van der Waals surface area (Å²) in [5.74, 6) is -0.728. The Hall–Kier alpha value is -2.52. The summed E-state index contributed by atoms with van der Waals surface area (Å²) in [7, 11) is 0. The largest absolute Gasteiger partial charge is 0.342 e. The maximum Gasteiger partial charge on any atom is 0.286 e. The molecule has 3 amide bonds. The van der Waals surface area contributed by atoms with Gasteiger partial charge in [0.05, 0.1) is 5.92 Å². The van der Waals surface area contributed by atoms with Crippen molar-refractivity contribution >= 4 is 46.3 Å². The number of carbonyl (C=O) groups is 3. The zero-order chi connectivity index (χ0) is 22.5. The van der Waals surface area contributed by atoms with Crippen LogP contribution in [0.5, 0.6) is 0 Å². The van der Waals surface area contributed by atoms with E-state index >= 15 is 0 Å². The van der Waals surface area contributed by atoms with Gasteiger partial charge in [0.1, 0.15) is 0 Å². The lowest BCUT2D eigenvalue weighted by Gasteiger charge is -2.34. The molecule has 0 aliphatic carbocycles. The van der Waals surface area contributed by atoms with Crippen LogP contribution < -0.4 is 5.32 Å². The lowest BCUT2D eigenvalue weighted by molar-refractivity contribution is -0.136. The van der Waals surface area contributed by atoms with Gasteiger partial charge < -0.3 is 15.1 Å². The Morgan fingerprint density at radius 3 is 2.28 bits per heavy atom. The maximum atomic E-state index is 13.0. The van der Waals surface area contributed by atoms with Crippen molar-refractivity contribution in [1.82, 2.24) is 20.0 Å². The van der Waals surface area contributed by atoms with Crippen LogP contribution in [0.2, 0.25) is 5.02 Å². The Morgan fingerprint density at radius 1 is 0.906 bits per heavy atom. The van der Waals surface area contributed by atoms with Gasteiger partial charge in [-0.2, -0.15) is 0 Å². The highest BCUT2D eigenvalue weighted by atomic mass is 35.5. The number of nitrogens with zero attached hydrogens (tertiary/aromatic N) is 4. The molecule has 1 N–H and O–H groups in total. The van der Waals surface area contributed by atoms with E-state index < -0.39 is 5.91 Å². The SMILES string of the molecule is O=C(Nc1ccc(Cl)cc1)c1nnc(C(=O)N2CCCC(C(=O)N3CCCCCC3)C2)s1. The fraction of sp³-hybridized carbons (Fsp3) is 0.500. The van der Waals surface area contributed by atoms with Crippen molar-refractivity contribution in [3.8, 4) is 0 Å². The molecular weight excluding hydrogens is 450 g/mol. The Bertz CT molecular complexity index is 972. The van der Waals surface area contributed by atoms with Crippen molar-refractivity contribution in [3.63, 3.8) is 0 Å². The number of anilines is 1. The van der Waals surface area contributed by atoms with E-state index in [1.54, 1.807) is 29.2 Å². The van der Waals surface area contributed by atoms with Gasteiger partial charge in [0.25, 0.3) is 11.8 Å². The van der Waals surface area contributed by atoms with Crippen molar-refractivity contribution < 1.29 is 14.4 Å². The third-order valence-corrected chi connectivity index (χ3v) is 7.04. The number of nitrogens with one attached hydrogen (secondary N) is 1. The number of amides is 3. The molecule has 0 bridgehead atoms. The van der Waals surface area contributed by atoms with Gasteiger partial charge >= 0.3 is 0 Å². The van der Waals surface area contributed by atoms with E-state index in [0.29, 0.717) is 23.8 Å². The van der Waals surface area contributed by atoms with Crippen LogP contribution >= 0.6 is 22.9 Å². The summed E-state index contributed by atoms with van der Waals surface area (Å²) in [4.78, 5) is 42.1. The predicted octanol–water partition coefficient (Wildman–Crippen LogP) is 3.70. The van der Waals surface area contributed by atoms with Gasteiger partial charge in [-0.1, -0.05) is 35.8 Å². The van der Waals surface area contributed by atoms with Crippen LogP contribution in [0.1, 0.15) is 58.1 Å². The molecule has 1 aromatic heterocycles.